The lowest BCUT2D eigenvalue weighted by Crippen LogP contribution is -2.21. The van der Waals surface area contributed by atoms with E-state index in [1.807, 2.05) is 0 Å². The van der Waals surface area contributed by atoms with Gasteiger partial charge in [0.25, 0.3) is 0 Å². The Kier molecular flexibility index (Phi) is 5.16. The Morgan fingerprint density at radius 2 is 2.07 bits per heavy atom. The Labute approximate surface area is 94.1 Å². The van der Waals surface area contributed by atoms with Gasteiger partial charge in [0, 0.05) is 12.1 Å². The molecule has 7 heteroatoms. The van der Waals surface area contributed by atoms with Crippen molar-refractivity contribution in [1.82, 2.24) is 4.72 Å². The van der Waals surface area contributed by atoms with Crippen molar-refractivity contribution in [1.29, 1.82) is 0 Å². The smallest absolute Gasteiger partial charge is 0.240 e. The van der Waals surface area contributed by atoms with Crippen molar-refractivity contribution in [2.45, 2.75) is 11.4 Å². The third-order valence-corrected chi connectivity index (χ3v) is 3.34. The van der Waals surface area contributed by atoms with Crippen LogP contribution < -0.4 is 10.5 Å². The summed E-state index contributed by atoms with van der Waals surface area (Å²) in [6.07, 6.45) is 0. The van der Waals surface area contributed by atoms with Crippen LogP contribution in [0.25, 0.3) is 0 Å². The number of hydrogen-bond donors (Lipinski definition) is 2. The molecule has 0 aliphatic heterocycles. The predicted octanol–water partition coefficient (Wildman–Crippen LogP) is 0.614. The molecule has 0 heterocycles. The normalized spacial score (nSPS) is 10.9. The standard InChI is InChI=1S/C8H11FN2O2S.ClH/c1-11-14(12,13)8-4-2-3-7(9)6(8)5-10;/h2-4,11H,5,10H2,1H3;1H. The first kappa shape index (κ1) is 14.3. The van der Waals surface area contributed by atoms with E-state index in [-0.39, 0.29) is 29.4 Å². The van der Waals surface area contributed by atoms with Gasteiger partial charge in [0.2, 0.25) is 10.0 Å². The van der Waals surface area contributed by atoms with Crippen LogP contribution in [0.2, 0.25) is 0 Å². The van der Waals surface area contributed by atoms with Gasteiger partial charge in [0.05, 0.1) is 4.90 Å². The monoisotopic (exact) mass is 254 g/mol. The van der Waals surface area contributed by atoms with Crippen LogP contribution in [0.3, 0.4) is 0 Å². The van der Waals surface area contributed by atoms with E-state index in [4.69, 9.17) is 5.73 Å². The first-order valence-corrected chi connectivity index (χ1v) is 5.42. The number of benzene rings is 1. The van der Waals surface area contributed by atoms with Crippen molar-refractivity contribution in [3.8, 4) is 0 Å². The zero-order chi connectivity index (χ0) is 10.8. The number of nitrogens with one attached hydrogen (secondary N) is 1. The summed E-state index contributed by atoms with van der Waals surface area (Å²) in [5.41, 5.74) is 5.27. The van der Waals surface area contributed by atoms with E-state index in [2.05, 4.69) is 4.72 Å². The van der Waals surface area contributed by atoms with E-state index < -0.39 is 15.8 Å². The lowest BCUT2D eigenvalue weighted by atomic mass is 10.2. The van der Waals surface area contributed by atoms with E-state index in [0.717, 1.165) is 0 Å². The molecule has 0 atom stereocenters. The Hall–Kier alpha value is -0.690. The fourth-order valence-corrected chi connectivity index (χ4v) is 2.08. The van der Waals surface area contributed by atoms with Crippen LogP contribution in [0.4, 0.5) is 4.39 Å². The average Bonchev–Trinajstić information content (AvgIpc) is 2.17. The molecule has 1 aromatic carbocycles. The molecule has 0 bridgehead atoms. The van der Waals surface area contributed by atoms with Gasteiger partial charge in [-0.2, -0.15) is 0 Å². The maximum Gasteiger partial charge on any atom is 0.240 e. The molecule has 1 rings (SSSR count). The lowest BCUT2D eigenvalue weighted by Gasteiger charge is -2.08. The van der Waals surface area contributed by atoms with E-state index in [1.54, 1.807) is 0 Å². The predicted molar refractivity (Wildman–Crippen MR) is 57.8 cm³/mol. The molecule has 0 saturated heterocycles. The van der Waals surface area contributed by atoms with Gasteiger partial charge < -0.3 is 5.73 Å². The minimum Gasteiger partial charge on any atom is -0.326 e. The summed E-state index contributed by atoms with van der Waals surface area (Å²) in [5.74, 6) is -0.608. The Balaban J connectivity index is 0.00000196. The van der Waals surface area contributed by atoms with Crippen LogP contribution in [-0.2, 0) is 16.6 Å². The molecule has 3 N–H and O–H groups in total. The third-order valence-electron chi connectivity index (χ3n) is 1.84. The highest BCUT2D eigenvalue weighted by molar-refractivity contribution is 7.89. The van der Waals surface area contributed by atoms with Crippen LogP contribution in [0, 0.1) is 5.82 Å². The maximum absolute atomic E-state index is 13.1. The molecule has 4 nitrogen and oxygen atoms in total. The molecule has 0 aliphatic rings. The van der Waals surface area contributed by atoms with Gasteiger partial charge in [0.15, 0.2) is 0 Å². The van der Waals surface area contributed by atoms with Gasteiger partial charge in [-0.3, -0.25) is 0 Å². The second-order valence-corrected chi connectivity index (χ2v) is 4.48. The SMILES string of the molecule is CNS(=O)(=O)c1cccc(F)c1CN.Cl. The summed E-state index contributed by atoms with van der Waals surface area (Å²) < 4.78 is 38.1. The second kappa shape index (κ2) is 5.41. The number of halogens is 2. The zero-order valence-corrected chi connectivity index (χ0v) is 9.66. The highest BCUT2D eigenvalue weighted by Crippen LogP contribution is 2.17. The lowest BCUT2D eigenvalue weighted by molar-refractivity contribution is 0.576. The van der Waals surface area contributed by atoms with Crippen LogP contribution in [0.1, 0.15) is 5.56 Å². The minimum absolute atomic E-state index is 0. The summed E-state index contributed by atoms with van der Waals surface area (Å²) >= 11 is 0. The van der Waals surface area contributed by atoms with Gasteiger partial charge in [-0.1, -0.05) is 6.07 Å². The van der Waals surface area contributed by atoms with Crippen molar-refractivity contribution >= 4 is 22.4 Å². The van der Waals surface area contributed by atoms with E-state index in [0.29, 0.717) is 0 Å². The zero-order valence-electron chi connectivity index (χ0n) is 8.03. The van der Waals surface area contributed by atoms with Gasteiger partial charge in [-0.25, -0.2) is 17.5 Å². The summed E-state index contributed by atoms with van der Waals surface area (Å²) in [6, 6.07) is 3.83. The average molecular weight is 255 g/mol. The molecule has 0 saturated carbocycles. The molecule has 86 valence electrons. The molecule has 0 radical (unpaired) electrons. The highest BCUT2D eigenvalue weighted by Gasteiger charge is 2.17. The first-order valence-electron chi connectivity index (χ1n) is 3.94. The van der Waals surface area contributed by atoms with Crippen LogP contribution in [-0.4, -0.2) is 15.5 Å². The topological polar surface area (TPSA) is 72.2 Å². The number of sulfonamides is 1. The van der Waals surface area contributed by atoms with E-state index in [9.17, 15) is 12.8 Å². The Morgan fingerprint density at radius 1 is 1.47 bits per heavy atom. The molecule has 1 aromatic rings. The van der Waals surface area contributed by atoms with Crippen LogP contribution in [0.5, 0.6) is 0 Å². The molecule has 0 aliphatic carbocycles. The fourth-order valence-electron chi connectivity index (χ4n) is 1.10. The van der Waals surface area contributed by atoms with Crippen molar-refractivity contribution in [2.24, 2.45) is 5.73 Å². The van der Waals surface area contributed by atoms with E-state index in [1.165, 1.54) is 25.2 Å². The van der Waals surface area contributed by atoms with E-state index >= 15 is 0 Å². The Morgan fingerprint density at radius 3 is 2.53 bits per heavy atom. The molecule has 15 heavy (non-hydrogen) atoms. The van der Waals surface area contributed by atoms with Gasteiger partial charge >= 0.3 is 0 Å². The third kappa shape index (κ3) is 2.88. The number of nitrogens with two attached hydrogens (primary N) is 1. The highest BCUT2D eigenvalue weighted by atomic mass is 35.5. The largest absolute Gasteiger partial charge is 0.326 e. The fraction of sp³-hybridized carbons (Fsp3) is 0.250. The quantitative estimate of drug-likeness (QED) is 0.830. The minimum atomic E-state index is -3.63. The molecular formula is C8H12ClFN2O2S. The molecule has 0 unspecified atom stereocenters. The number of hydrogen-bond acceptors (Lipinski definition) is 3. The van der Waals surface area contributed by atoms with Gasteiger partial charge in [-0.15, -0.1) is 12.4 Å². The molecule has 0 spiro atoms. The molecule has 0 amide bonds. The summed E-state index contributed by atoms with van der Waals surface area (Å²) in [4.78, 5) is -0.109. The second-order valence-electron chi connectivity index (χ2n) is 2.63. The number of rotatable bonds is 3. The summed E-state index contributed by atoms with van der Waals surface area (Å²) in [7, 11) is -2.37. The van der Waals surface area contributed by atoms with Gasteiger partial charge in [0.1, 0.15) is 5.82 Å². The van der Waals surface area contributed by atoms with Crippen LogP contribution >= 0.6 is 12.4 Å². The van der Waals surface area contributed by atoms with Crippen LogP contribution in [0.15, 0.2) is 23.1 Å². The van der Waals surface area contributed by atoms with Crippen molar-refractivity contribution < 1.29 is 12.8 Å². The van der Waals surface area contributed by atoms with Crippen molar-refractivity contribution in [3.63, 3.8) is 0 Å². The molecule has 0 fully saturated rings. The van der Waals surface area contributed by atoms with Gasteiger partial charge in [-0.05, 0) is 19.2 Å². The molecule has 0 aromatic heterocycles. The Bertz CT molecular complexity index is 436. The first-order chi connectivity index (χ1) is 6.53. The molecular weight excluding hydrogens is 243 g/mol. The van der Waals surface area contributed by atoms with Crippen molar-refractivity contribution in [2.75, 3.05) is 7.05 Å². The summed E-state index contributed by atoms with van der Waals surface area (Å²) in [5, 5.41) is 0. The summed E-state index contributed by atoms with van der Waals surface area (Å²) in [6.45, 7) is -0.150. The van der Waals surface area contributed by atoms with Crippen molar-refractivity contribution in [3.05, 3.63) is 29.6 Å². The maximum atomic E-state index is 13.1.